The largest absolute Gasteiger partial charge is 0.336 e. The van der Waals surface area contributed by atoms with Gasteiger partial charge in [0.25, 0.3) is 5.91 Å². The molecule has 0 bridgehead atoms. The molecule has 2 rings (SSSR count). The van der Waals surface area contributed by atoms with Crippen LogP contribution in [0.15, 0.2) is 27.1 Å². The molecule has 0 aromatic heterocycles. The highest BCUT2D eigenvalue weighted by atomic mass is 79.9. The van der Waals surface area contributed by atoms with Crippen molar-refractivity contribution in [2.45, 2.75) is 19.4 Å². The number of piperazine rings is 1. The first kappa shape index (κ1) is 16.5. The first-order valence-corrected chi connectivity index (χ1v) is 8.34. The van der Waals surface area contributed by atoms with Crippen molar-refractivity contribution >= 4 is 37.8 Å². The van der Waals surface area contributed by atoms with Gasteiger partial charge in [0.1, 0.15) is 5.54 Å². The van der Waals surface area contributed by atoms with E-state index in [0.29, 0.717) is 18.7 Å². The molecule has 1 aliphatic rings. The third-order valence-corrected chi connectivity index (χ3v) is 4.66. The zero-order valence-electron chi connectivity index (χ0n) is 12.1. The number of halogens is 2. The number of carbonyl (C=O) groups excluding carboxylic acids is 1. The molecule has 1 saturated heterocycles. The molecule has 1 heterocycles. The molecule has 0 atom stereocenters. The van der Waals surface area contributed by atoms with Crippen LogP contribution in [-0.4, -0.2) is 47.4 Å². The summed E-state index contributed by atoms with van der Waals surface area (Å²) in [4.78, 5) is 16.5. The van der Waals surface area contributed by atoms with E-state index in [-0.39, 0.29) is 5.91 Å². The Morgan fingerprint density at radius 2 is 1.67 bits per heavy atom. The number of rotatable bonds is 2. The molecule has 0 aliphatic carbocycles. The average Bonchev–Trinajstić information content (AvgIpc) is 2.45. The van der Waals surface area contributed by atoms with E-state index in [4.69, 9.17) is 0 Å². The molecular weight excluding hydrogens is 398 g/mol. The van der Waals surface area contributed by atoms with E-state index in [1.165, 1.54) is 0 Å². The highest BCUT2D eigenvalue weighted by molar-refractivity contribution is 9.11. The van der Waals surface area contributed by atoms with Crippen LogP contribution in [0.25, 0.3) is 0 Å². The van der Waals surface area contributed by atoms with E-state index in [1.54, 1.807) is 0 Å². The highest BCUT2D eigenvalue weighted by Crippen LogP contribution is 2.22. The van der Waals surface area contributed by atoms with Crippen LogP contribution in [0.3, 0.4) is 0 Å². The van der Waals surface area contributed by atoms with Crippen LogP contribution < -0.4 is 0 Å². The second-order valence-electron chi connectivity index (χ2n) is 5.61. The topological polar surface area (TPSA) is 47.3 Å². The minimum Gasteiger partial charge on any atom is -0.336 e. The van der Waals surface area contributed by atoms with Gasteiger partial charge in [-0.05, 0) is 32.0 Å². The molecule has 0 N–H and O–H groups in total. The molecule has 0 spiro atoms. The third-order valence-electron chi connectivity index (χ3n) is 3.74. The van der Waals surface area contributed by atoms with Crippen LogP contribution >= 0.6 is 31.9 Å². The lowest BCUT2D eigenvalue weighted by atomic mass is 10.0. The van der Waals surface area contributed by atoms with Crippen molar-refractivity contribution in [2.75, 3.05) is 26.2 Å². The zero-order valence-corrected chi connectivity index (χ0v) is 15.2. The van der Waals surface area contributed by atoms with Crippen LogP contribution in [0, 0.1) is 11.3 Å². The normalized spacial score (nSPS) is 16.6. The van der Waals surface area contributed by atoms with Crippen LogP contribution in [0.2, 0.25) is 0 Å². The van der Waals surface area contributed by atoms with Gasteiger partial charge >= 0.3 is 0 Å². The number of amides is 1. The lowest BCUT2D eigenvalue weighted by Crippen LogP contribution is -2.55. The van der Waals surface area contributed by atoms with Gasteiger partial charge in [-0.15, -0.1) is 0 Å². The van der Waals surface area contributed by atoms with Gasteiger partial charge in [-0.1, -0.05) is 31.9 Å². The summed E-state index contributed by atoms with van der Waals surface area (Å²) < 4.78 is 1.76. The predicted molar refractivity (Wildman–Crippen MR) is 89.0 cm³/mol. The lowest BCUT2D eigenvalue weighted by Gasteiger charge is -2.40. The number of nitrogens with zero attached hydrogens (tertiary/aromatic N) is 3. The molecule has 4 nitrogen and oxygen atoms in total. The van der Waals surface area contributed by atoms with Crippen molar-refractivity contribution in [1.82, 2.24) is 9.80 Å². The summed E-state index contributed by atoms with van der Waals surface area (Å²) in [5, 5.41) is 9.18. The fraction of sp³-hybridized carbons (Fsp3) is 0.467. The molecule has 6 heteroatoms. The molecule has 1 aliphatic heterocycles. The van der Waals surface area contributed by atoms with Crippen molar-refractivity contribution in [1.29, 1.82) is 5.26 Å². The molecule has 0 saturated carbocycles. The Kier molecular flexibility index (Phi) is 5.07. The Bertz CT molecular complexity index is 567. The summed E-state index contributed by atoms with van der Waals surface area (Å²) in [5.41, 5.74) is 0.192. The standard InChI is InChI=1S/C15H17Br2N3O/c1-15(2,10-18)20-5-3-19(4-6-20)14(21)11-7-12(16)9-13(17)8-11/h7-9H,3-6H2,1-2H3. The predicted octanol–water partition coefficient (Wildman–Crippen LogP) is 3.27. The molecule has 1 aromatic carbocycles. The monoisotopic (exact) mass is 413 g/mol. The second kappa shape index (κ2) is 6.47. The molecule has 1 amide bonds. The molecule has 21 heavy (non-hydrogen) atoms. The lowest BCUT2D eigenvalue weighted by molar-refractivity contribution is 0.0521. The molecule has 112 valence electrons. The summed E-state index contributed by atoms with van der Waals surface area (Å²) in [6.07, 6.45) is 0. The Hall–Kier alpha value is -0.900. The molecular formula is C15H17Br2N3O. The first-order valence-electron chi connectivity index (χ1n) is 6.75. The van der Waals surface area contributed by atoms with Crippen molar-refractivity contribution in [3.8, 4) is 6.07 Å². The second-order valence-corrected chi connectivity index (χ2v) is 7.44. The summed E-state index contributed by atoms with van der Waals surface area (Å²) in [6.45, 7) is 6.57. The van der Waals surface area contributed by atoms with Crippen LogP contribution in [0.1, 0.15) is 24.2 Å². The summed E-state index contributed by atoms with van der Waals surface area (Å²) >= 11 is 6.81. The Balaban J connectivity index is 2.05. The maximum atomic E-state index is 12.5. The third kappa shape index (κ3) is 3.85. The Morgan fingerprint density at radius 1 is 1.14 bits per heavy atom. The Labute approximate surface area is 142 Å². The quantitative estimate of drug-likeness (QED) is 0.745. The van der Waals surface area contributed by atoms with E-state index >= 15 is 0 Å². The minimum atomic E-state index is -0.478. The smallest absolute Gasteiger partial charge is 0.254 e. The number of hydrogen-bond acceptors (Lipinski definition) is 3. The van der Waals surface area contributed by atoms with E-state index in [0.717, 1.165) is 22.0 Å². The fourth-order valence-corrected chi connectivity index (χ4v) is 3.69. The SMILES string of the molecule is CC(C)(C#N)N1CCN(C(=O)c2cc(Br)cc(Br)c2)CC1. The van der Waals surface area contributed by atoms with Gasteiger partial charge in [0, 0.05) is 40.7 Å². The van der Waals surface area contributed by atoms with Crippen molar-refractivity contribution in [3.63, 3.8) is 0 Å². The zero-order chi connectivity index (χ0) is 15.6. The van der Waals surface area contributed by atoms with Crippen LogP contribution in [0.4, 0.5) is 0 Å². The van der Waals surface area contributed by atoms with Gasteiger partial charge in [0.05, 0.1) is 6.07 Å². The molecule has 0 radical (unpaired) electrons. The van der Waals surface area contributed by atoms with E-state index in [9.17, 15) is 10.1 Å². The first-order chi connectivity index (χ1) is 9.83. The van der Waals surface area contributed by atoms with Gasteiger partial charge in [0.15, 0.2) is 0 Å². The van der Waals surface area contributed by atoms with Crippen molar-refractivity contribution in [2.24, 2.45) is 0 Å². The highest BCUT2D eigenvalue weighted by Gasteiger charge is 2.31. The fourth-order valence-electron chi connectivity index (χ4n) is 2.40. The van der Waals surface area contributed by atoms with Crippen LogP contribution in [-0.2, 0) is 0 Å². The van der Waals surface area contributed by atoms with Gasteiger partial charge in [-0.2, -0.15) is 5.26 Å². The van der Waals surface area contributed by atoms with Crippen LogP contribution in [0.5, 0.6) is 0 Å². The number of carbonyl (C=O) groups is 1. The maximum Gasteiger partial charge on any atom is 0.254 e. The van der Waals surface area contributed by atoms with Crippen molar-refractivity contribution < 1.29 is 4.79 Å². The van der Waals surface area contributed by atoms with Gasteiger partial charge in [0.2, 0.25) is 0 Å². The molecule has 1 aromatic rings. The summed E-state index contributed by atoms with van der Waals surface area (Å²) in [6, 6.07) is 7.88. The molecule has 0 unspecified atom stereocenters. The van der Waals surface area contributed by atoms with E-state index in [1.807, 2.05) is 36.9 Å². The minimum absolute atomic E-state index is 0.0337. The summed E-state index contributed by atoms with van der Waals surface area (Å²) in [5.74, 6) is 0.0337. The number of benzene rings is 1. The average molecular weight is 415 g/mol. The van der Waals surface area contributed by atoms with E-state index in [2.05, 4.69) is 42.8 Å². The van der Waals surface area contributed by atoms with E-state index < -0.39 is 5.54 Å². The van der Waals surface area contributed by atoms with Gasteiger partial charge in [-0.3, -0.25) is 9.69 Å². The number of nitriles is 1. The summed E-state index contributed by atoms with van der Waals surface area (Å²) in [7, 11) is 0. The van der Waals surface area contributed by atoms with Gasteiger partial charge < -0.3 is 4.90 Å². The van der Waals surface area contributed by atoms with Crippen molar-refractivity contribution in [3.05, 3.63) is 32.7 Å². The van der Waals surface area contributed by atoms with Gasteiger partial charge in [-0.25, -0.2) is 0 Å². The maximum absolute atomic E-state index is 12.5. The Morgan fingerprint density at radius 3 is 2.14 bits per heavy atom. The molecule has 1 fully saturated rings. The number of hydrogen-bond donors (Lipinski definition) is 0.